The van der Waals surface area contributed by atoms with Crippen LogP contribution in [0.15, 0.2) is 0 Å². The quantitative estimate of drug-likeness (QED) is 0.438. The topological polar surface area (TPSA) is 83.4 Å². The summed E-state index contributed by atoms with van der Waals surface area (Å²) < 4.78 is 8.66. The Balaban J connectivity index is -0.000000201. The predicted molar refractivity (Wildman–Crippen MR) is 87.7 cm³/mol. The van der Waals surface area contributed by atoms with Crippen LogP contribution in [0, 0.1) is 0 Å². The SMILES string of the molecule is CCCCCCCCCCCCCCP.O=P([O-])([O-])O.[H+].[H+]. The average Bonchev–Trinajstić information content (AvgIpc) is 2.34. The van der Waals surface area contributed by atoms with Gasteiger partial charge in [-0.2, -0.15) is 0 Å². The standard InChI is InChI=1S/C14H31P.H3O4P/c1-2-3-4-5-6-7-8-9-10-11-12-13-14-15;1-5(2,3)4/h2-15H2,1H3;(H3,1,2,3,4). The summed E-state index contributed by atoms with van der Waals surface area (Å²) in [5.74, 6) is 0. The zero-order chi connectivity index (χ0) is 15.7. The summed E-state index contributed by atoms with van der Waals surface area (Å²) in [6.07, 6.45) is 18.7. The van der Waals surface area contributed by atoms with Gasteiger partial charge in [0.25, 0.3) is 0 Å². The number of phosphoric acid groups is 1. The zero-order valence-corrected chi connectivity index (χ0v) is 14.9. The lowest BCUT2D eigenvalue weighted by atomic mass is 10.1. The summed E-state index contributed by atoms with van der Waals surface area (Å²) >= 11 is 0. The van der Waals surface area contributed by atoms with Crippen LogP contribution in [0.25, 0.3) is 0 Å². The molecule has 1 atom stereocenters. The molecule has 0 aliphatic heterocycles. The van der Waals surface area contributed by atoms with Gasteiger partial charge in [0.2, 0.25) is 0 Å². The Bertz CT molecular complexity index is 209. The fourth-order valence-corrected chi connectivity index (χ4v) is 2.27. The molecule has 6 heteroatoms. The first kappa shape index (κ1) is 22.8. The minimum Gasteiger partial charge on any atom is -0.790 e. The molecule has 0 spiro atoms. The molecule has 0 saturated heterocycles. The highest BCUT2D eigenvalue weighted by Gasteiger charge is 1.92. The van der Waals surface area contributed by atoms with E-state index in [0.29, 0.717) is 0 Å². The van der Waals surface area contributed by atoms with E-state index in [4.69, 9.17) is 19.2 Å². The van der Waals surface area contributed by atoms with Crippen molar-refractivity contribution < 1.29 is 22.1 Å². The average molecular weight is 328 g/mol. The second kappa shape index (κ2) is 17.6. The van der Waals surface area contributed by atoms with E-state index in [2.05, 4.69) is 16.2 Å². The Kier molecular flexibility index (Phi) is 20.1. The van der Waals surface area contributed by atoms with Gasteiger partial charge in [0.1, 0.15) is 0 Å². The van der Waals surface area contributed by atoms with E-state index in [1.54, 1.807) is 0 Å². The number of unbranched alkanes of at least 4 members (excludes halogenated alkanes) is 11. The van der Waals surface area contributed by atoms with Gasteiger partial charge in [0.05, 0.1) is 7.82 Å². The van der Waals surface area contributed by atoms with Gasteiger partial charge in [-0.25, -0.2) is 0 Å². The molecule has 0 bridgehead atoms. The molecule has 0 fully saturated rings. The van der Waals surface area contributed by atoms with Crippen molar-refractivity contribution in [2.75, 3.05) is 6.16 Å². The van der Waals surface area contributed by atoms with Gasteiger partial charge in [0.15, 0.2) is 0 Å². The molecule has 1 unspecified atom stereocenters. The first-order chi connectivity index (χ1) is 9.41. The lowest BCUT2D eigenvalue weighted by molar-refractivity contribution is -0.337. The molecule has 1 N–H and O–H groups in total. The van der Waals surface area contributed by atoms with Gasteiger partial charge in [0, 0.05) is 0 Å². The monoisotopic (exact) mass is 328 g/mol. The van der Waals surface area contributed by atoms with E-state index in [1.807, 2.05) is 0 Å². The van der Waals surface area contributed by atoms with Crippen LogP contribution in [0.2, 0.25) is 0 Å². The van der Waals surface area contributed by atoms with E-state index in [0.717, 1.165) is 0 Å². The number of hydrogen-bond acceptors (Lipinski definition) is 3. The lowest BCUT2D eigenvalue weighted by Gasteiger charge is -2.19. The van der Waals surface area contributed by atoms with Crippen molar-refractivity contribution in [2.45, 2.75) is 84.0 Å². The summed E-state index contributed by atoms with van der Waals surface area (Å²) in [5, 5.41) is 0. The summed E-state index contributed by atoms with van der Waals surface area (Å²) in [6, 6.07) is 0. The van der Waals surface area contributed by atoms with Crippen molar-refractivity contribution >= 4 is 17.1 Å². The minimum absolute atomic E-state index is 0. The molecule has 4 nitrogen and oxygen atoms in total. The second-order valence-corrected chi connectivity index (χ2v) is 6.66. The van der Waals surface area contributed by atoms with Crippen molar-refractivity contribution in [3.8, 4) is 0 Å². The third kappa shape index (κ3) is 36.3. The molecular weight excluding hydrogens is 294 g/mol. The summed E-state index contributed by atoms with van der Waals surface area (Å²) in [4.78, 5) is 24.3. The number of hydrogen-bond donors (Lipinski definition) is 1. The third-order valence-corrected chi connectivity index (χ3v) is 3.47. The highest BCUT2D eigenvalue weighted by Crippen LogP contribution is 2.12. The lowest BCUT2D eigenvalue weighted by Crippen LogP contribution is -2.11. The Labute approximate surface area is 130 Å². The van der Waals surface area contributed by atoms with Crippen molar-refractivity contribution in [1.29, 1.82) is 0 Å². The third-order valence-electron chi connectivity index (χ3n) is 3.06. The fraction of sp³-hybridized carbons (Fsp3) is 1.00. The van der Waals surface area contributed by atoms with Crippen LogP contribution in [-0.2, 0) is 4.57 Å². The summed E-state index contributed by atoms with van der Waals surface area (Å²) in [6.45, 7) is 2.29. The zero-order valence-electron chi connectivity index (χ0n) is 14.9. The molecule has 0 aliphatic rings. The van der Waals surface area contributed by atoms with Crippen LogP contribution in [0.5, 0.6) is 0 Å². The highest BCUT2D eigenvalue weighted by atomic mass is 31.2. The Morgan fingerprint density at radius 1 is 0.850 bits per heavy atom. The maximum Gasteiger partial charge on any atom is 1.00 e. The summed E-state index contributed by atoms with van der Waals surface area (Å²) in [5.41, 5.74) is 0. The van der Waals surface area contributed by atoms with Crippen LogP contribution in [0.3, 0.4) is 0 Å². The smallest absolute Gasteiger partial charge is 0.790 e. The second-order valence-electron chi connectivity index (χ2n) is 5.15. The van der Waals surface area contributed by atoms with Gasteiger partial charge >= 0.3 is 2.85 Å². The van der Waals surface area contributed by atoms with Gasteiger partial charge in [-0.3, -0.25) is 0 Å². The molecule has 124 valence electrons. The maximum atomic E-state index is 8.66. The van der Waals surface area contributed by atoms with E-state index in [-0.39, 0.29) is 2.85 Å². The first-order valence-corrected chi connectivity index (χ1v) is 10.2. The van der Waals surface area contributed by atoms with Crippen molar-refractivity contribution in [3.63, 3.8) is 0 Å². The fourth-order valence-electron chi connectivity index (χ4n) is 1.99. The molecule has 0 aromatic carbocycles. The van der Waals surface area contributed by atoms with Crippen molar-refractivity contribution in [1.82, 2.24) is 0 Å². The molecular formula is C14H34O4P2. The van der Waals surface area contributed by atoms with Crippen LogP contribution in [0.1, 0.15) is 86.8 Å². The molecule has 0 heterocycles. The van der Waals surface area contributed by atoms with Crippen LogP contribution >= 0.6 is 17.1 Å². The van der Waals surface area contributed by atoms with Gasteiger partial charge in [-0.1, -0.05) is 77.6 Å². The van der Waals surface area contributed by atoms with E-state index in [1.165, 1.54) is 83.2 Å². The van der Waals surface area contributed by atoms with E-state index < -0.39 is 7.82 Å². The molecule has 0 rings (SSSR count). The molecule has 0 aliphatic carbocycles. The summed E-state index contributed by atoms with van der Waals surface area (Å²) in [7, 11) is -2.32. The van der Waals surface area contributed by atoms with Crippen LogP contribution in [0.4, 0.5) is 0 Å². The Morgan fingerprint density at radius 3 is 1.35 bits per heavy atom. The first-order valence-electron chi connectivity index (χ1n) is 7.86. The molecule has 0 radical (unpaired) electrons. The molecule has 0 aromatic rings. The molecule has 0 aromatic heterocycles. The van der Waals surface area contributed by atoms with Gasteiger partial charge in [-0.15, -0.1) is 9.24 Å². The normalized spacial score (nSPS) is 11.1. The van der Waals surface area contributed by atoms with Gasteiger partial charge in [-0.05, 0) is 12.6 Å². The minimum atomic E-state index is -5.14. The Hall–Kier alpha value is 0.540. The van der Waals surface area contributed by atoms with E-state index >= 15 is 0 Å². The van der Waals surface area contributed by atoms with E-state index in [9.17, 15) is 0 Å². The molecule has 0 saturated carbocycles. The number of rotatable bonds is 12. The maximum absolute atomic E-state index is 8.66. The molecule has 20 heavy (non-hydrogen) atoms. The van der Waals surface area contributed by atoms with Crippen LogP contribution < -0.4 is 9.79 Å². The van der Waals surface area contributed by atoms with Crippen molar-refractivity contribution in [2.24, 2.45) is 0 Å². The largest absolute Gasteiger partial charge is 1.00 e. The van der Waals surface area contributed by atoms with Crippen LogP contribution in [-0.4, -0.2) is 11.1 Å². The van der Waals surface area contributed by atoms with Crippen molar-refractivity contribution in [3.05, 3.63) is 0 Å². The Morgan fingerprint density at radius 2 is 1.10 bits per heavy atom. The molecule has 0 amide bonds. The predicted octanol–water partition coefficient (Wildman–Crippen LogP) is 3.60. The van der Waals surface area contributed by atoms with Gasteiger partial charge < -0.3 is 19.2 Å². The highest BCUT2D eigenvalue weighted by molar-refractivity contribution is 7.42.